The van der Waals surface area contributed by atoms with Crippen molar-refractivity contribution in [2.24, 2.45) is 0 Å². The van der Waals surface area contributed by atoms with Gasteiger partial charge < -0.3 is 14.7 Å². The third-order valence-electron chi connectivity index (χ3n) is 2.93. The molecule has 0 bridgehead atoms. The van der Waals surface area contributed by atoms with Crippen molar-refractivity contribution in [2.75, 3.05) is 13.0 Å². The third kappa shape index (κ3) is 2.66. The second kappa shape index (κ2) is 4.87. The van der Waals surface area contributed by atoms with Gasteiger partial charge in [-0.15, -0.1) is 0 Å². The van der Waals surface area contributed by atoms with Crippen molar-refractivity contribution in [3.8, 4) is 5.75 Å². The zero-order valence-corrected chi connectivity index (χ0v) is 10.7. The molecule has 0 radical (unpaired) electrons. The molecule has 1 heterocycles. The lowest BCUT2D eigenvalue weighted by atomic mass is 10.1. The van der Waals surface area contributed by atoms with Crippen molar-refractivity contribution in [3.63, 3.8) is 0 Å². The van der Waals surface area contributed by atoms with Gasteiger partial charge in [0.15, 0.2) is 0 Å². The lowest BCUT2D eigenvalue weighted by Gasteiger charge is -2.21. The van der Waals surface area contributed by atoms with Crippen LogP contribution in [-0.4, -0.2) is 35.1 Å². The Bertz CT molecular complexity index is 436. The first kappa shape index (κ1) is 12.1. The quantitative estimate of drug-likeness (QED) is 0.899. The molecule has 1 aliphatic rings. The molecule has 0 aromatic heterocycles. The molecule has 1 amide bonds. The van der Waals surface area contributed by atoms with Gasteiger partial charge in [-0.05, 0) is 31.0 Å². The maximum atomic E-state index is 10.8. The normalized spacial score (nSPS) is 14.9. The number of ether oxygens (including phenoxy) is 1. The molecule has 1 atom stereocenters. The van der Waals surface area contributed by atoms with Crippen molar-refractivity contribution >= 4 is 17.9 Å². The number of rotatable bonds is 3. The van der Waals surface area contributed by atoms with Crippen molar-refractivity contribution < 1.29 is 14.6 Å². The number of fused-ring (bicyclic) bond motifs is 1. The molecule has 4 nitrogen and oxygen atoms in total. The van der Waals surface area contributed by atoms with Crippen LogP contribution >= 0.6 is 11.8 Å². The summed E-state index contributed by atoms with van der Waals surface area (Å²) in [6.45, 7) is 1.90. The van der Waals surface area contributed by atoms with Gasteiger partial charge in [-0.25, -0.2) is 4.79 Å². The Kier molecular flexibility index (Phi) is 3.47. The lowest BCUT2D eigenvalue weighted by molar-refractivity contribution is 0.141. The van der Waals surface area contributed by atoms with E-state index >= 15 is 0 Å². The van der Waals surface area contributed by atoms with E-state index in [9.17, 15) is 4.79 Å². The zero-order valence-electron chi connectivity index (χ0n) is 9.84. The van der Waals surface area contributed by atoms with Crippen LogP contribution in [0.2, 0.25) is 0 Å². The van der Waals surface area contributed by atoms with E-state index in [1.54, 1.807) is 18.8 Å². The molecule has 1 N–H and O–H groups in total. The SMILES string of the molecule is CC(Cc1ccc2c(c1)OCS2)N(C)C(=O)O. The van der Waals surface area contributed by atoms with Gasteiger partial charge in [0.2, 0.25) is 0 Å². The van der Waals surface area contributed by atoms with E-state index in [0.29, 0.717) is 12.4 Å². The van der Waals surface area contributed by atoms with Crippen LogP contribution in [0.5, 0.6) is 5.75 Å². The molecule has 1 aromatic rings. The highest BCUT2D eigenvalue weighted by Gasteiger charge is 2.17. The van der Waals surface area contributed by atoms with Gasteiger partial charge in [-0.3, -0.25) is 0 Å². The summed E-state index contributed by atoms with van der Waals surface area (Å²) in [5.74, 6) is 1.58. The van der Waals surface area contributed by atoms with E-state index < -0.39 is 6.09 Å². The van der Waals surface area contributed by atoms with E-state index in [4.69, 9.17) is 9.84 Å². The fourth-order valence-corrected chi connectivity index (χ4v) is 2.47. The van der Waals surface area contributed by atoms with Gasteiger partial charge in [-0.2, -0.15) is 0 Å². The highest BCUT2D eigenvalue weighted by molar-refractivity contribution is 7.99. The van der Waals surface area contributed by atoms with E-state index in [1.165, 1.54) is 4.90 Å². The van der Waals surface area contributed by atoms with E-state index in [2.05, 4.69) is 0 Å². The number of hydrogen-bond acceptors (Lipinski definition) is 3. The maximum absolute atomic E-state index is 10.8. The Labute approximate surface area is 105 Å². The van der Waals surface area contributed by atoms with Crippen LogP contribution in [0, 0.1) is 0 Å². The number of carbonyl (C=O) groups is 1. The van der Waals surface area contributed by atoms with Gasteiger partial charge in [0.05, 0.1) is 4.90 Å². The number of likely N-dealkylation sites (N-methyl/N-ethyl adjacent to an activating group) is 1. The number of carboxylic acid groups (broad SMARTS) is 1. The second-order valence-electron chi connectivity index (χ2n) is 4.13. The molecule has 92 valence electrons. The fourth-order valence-electron chi connectivity index (χ4n) is 1.73. The van der Waals surface area contributed by atoms with E-state index in [0.717, 1.165) is 16.2 Å². The predicted octanol–water partition coefficient (Wildman–Crippen LogP) is 2.67. The second-order valence-corrected chi connectivity index (χ2v) is 5.10. The average molecular weight is 253 g/mol. The monoisotopic (exact) mass is 253 g/mol. The minimum Gasteiger partial charge on any atom is -0.481 e. The predicted molar refractivity (Wildman–Crippen MR) is 66.7 cm³/mol. The number of amides is 1. The first-order valence-electron chi connectivity index (χ1n) is 5.42. The van der Waals surface area contributed by atoms with E-state index in [1.807, 2.05) is 25.1 Å². The Morgan fingerprint density at radius 3 is 3.12 bits per heavy atom. The standard InChI is InChI=1S/C12H15NO3S/c1-8(13(2)12(14)15)5-9-3-4-11-10(6-9)16-7-17-11/h3-4,6,8H,5,7H2,1-2H3,(H,14,15). The Morgan fingerprint density at radius 1 is 1.65 bits per heavy atom. The maximum Gasteiger partial charge on any atom is 0.407 e. The molecule has 0 spiro atoms. The smallest absolute Gasteiger partial charge is 0.407 e. The highest BCUT2D eigenvalue weighted by atomic mass is 32.2. The van der Waals surface area contributed by atoms with Gasteiger partial charge in [0, 0.05) is 13.1 Å². The van der Waals surface area contributed by atoms with Gasteiger partial charge in [0.25, 0.3) is 0 Å². The zero-order chi connectivity index (χ0) is 12.4. The van der Waals surface area contributed by atoms with Gasteiger partial charge >= 0.3 is 6.09 Å². The highest BCUT2D eigenvalue weighted by Crippen LogP contribution is 2.36. The van der Waals surface area contributed by atoms with Gasteiger partial charge in [-0.1, -0.05) is 17.8 Å². The van der Waals surface area contributed by atoms with Crippen molar-refractivity contribution in [3.05, 3.63) is 23.8 Å². The molecule has 2 rings (SSSR count). The largest absolute Gasteiger partial charge is 0.481 e. The van der Waals surface area contributed by atoms with Crippen LogP contribution in [0.4, 0.5) is 4.79 Å². The summed E-state index contributed by atoms with van der Waals surface area (Å²) in [5.41, 5.74) is 1.10. The Morgan fingerprint density at radius 2 is 2.41 bits per heavy atom. The fraction of sp³-hybridized carbons (Fsp3) is 0.417. The molecule has 17 heavy (non-hydrogen) atoms. The molecule has 0 saturated heterocycles. The summed E-state index contributed by atoms with van der Waals surface area (Å²) in [6.07, 6.45) is -0.199. The van der Waals surface area contributed by atoms with Crippen LogP contribution in [0.25, 0.3) is 0 Å². The van der Waals surface area contributed by atoms with Gasteiger partial charge in [0.1, 0.15) is 11.7 Å². The first-order valence-corrected chi connectivity index (χ1v) is 6.41. The summed E-state index contributed by atoms with van der Waals surface area (Å²) in [7, 11) is 1.59. The Balaban J connectivity index is 2.06. The number of hydrogen-bond donors (Lipinski definition) is 1. The number of nitrogens with zero attached hydrogens (tertiary/aromatic N) is 1. The molecule has 0 fully saturated rings. The molecule has 0 aliphatic carbocycles. The molecule has 1 aliphatic heterocycles. The molecular weight excluding hydrogens is 238 g/mol. The minimum atomic E-state index is -0.898. The van der Waals surface area contributed by atoms with Crippen molar-refractivity contribution in [1.82, 2.24) is 4.90 Å². The summed E-state index contributed by atoms with van der Waals surface area (Å²) >= 11 is 1.68. The molecular formula is C12H15NO3S. The third-order valence-corrected chi connectivity index (χ3v) is 3.81. The molecule has 1 unspecified atom stereocenters. The minimum absolute atomic E-state index is 0.0420. The van der Waals surface area contributed by atoms with Crippen LogP contribution < -0.4 is 4.74 Å². The van der Waals surface area contributed by atoms with Crippen LogP contribution in [0.3, 0.4) is 0 Å². The molecule has 5 heteroatoms. The lowest BCUT2D eigenvalue weighted by Crippen LogP contribution is -2.35. The van der Waals surface area contributed by atoms with Crippen LogP contribution in [-0.2, 0) is 6.42 Å². The first-order chi connectivity index (χ1) is 8.08. The summed E-state index contributed by atoms with van der Waals surface area (Å²) < 4.78 is 5.46. The number of thioether (sulfide) groups is 1. The van der Waals surface area contributed by atoms with Crippen LogP contribution in [0.15, 0.2) is 23.1 Å². The van der Waals surface area contributed by atoms with Crippen molar-refractivity contribution in [1.29, 1.82) is 0 Å². The Hall–Kier alpha value is -1.36. The number of benzene rings is 1. The summed E-state index contributed by atoms with van der Waals surface area (Å²) in [4.78, 5) is 13.3. The summed E-state index contributed by atoms with van der Waals surface area (Å²) in [5, 5.41) is 8.88. The summed E-state index contributed by atoms with van der Waals surface area (Å²) in [6, 6.07) is 6.03. The van der Waals surface area contributed by atoms with Crippen molar-refractivity contribution in [2.45, 2.75) is 24.3 Å². The van der Waals surface area contributed by atoms with E-state index in [-0.39, 0.29) is 6.04 Å². The van der Waals surface area contributed by atoms with Crippen LogP contribution in [0.1, 0.15) is 12.5 Å². The topological polar surface area (TPSA) is 49.8 Å². The average Bonchev–Trinajstić information content (AvgIpc) is 2.74. The molecule has 1 aromatic carbocycles. The molecule has 0 saturated carbocycles.